The highest BCUT2D eigenvalue weighted by Crippen LogP contribution is 2.29. The molecule has 4 rings (SSSR count). The summed E-state index contributed by atoms with van der Waals surface area (Å²) in [6.07, 6.45) is 1.81. The summed E-state index contributed by atoms with van der Waals surface area (Å²) in [6.45, 7) is 11.4. The molecule has 0 aliphatic carbocycles. The normalized spacial score (nSPS) is 19.9. The van der Waals surface area contributed by atoms with Crippen molar-refractivity contribution in [2.24, 2.45) is 0 Å². The van der Waals surface area contributed by atoms with Gasteiger partial charge in [-0.1, -0.05) is 24.3 Å². The number of aromatic nitrogens is 3. The Morgan fingerprint density at radius 3 is 2.52 bits per heavy atom. The van der Waals surface area contributed by atoms with E-state index in [2.05, 4.69) is 31.9 Å². The van der Waals surface area contributed by atoms with Gasteiger partial charge in [-0.05, 0) is 46.2 Å². The van der Waals surface area contributed by atoms with Crippen LogP contribution in [0.3, 0.4) is 0 Å². The van der Waals surface area contributed by atoms with E-state index in [0.29, 0.717) is 18.7 Å². The third-order valence-electron chi connectivity index (χ3n) is 5.41. The first-order chi connectivity index (χ1) is 13.8. The number of carbonyl (C=O) groups is 1. The molecule has 1 aromatic carbocycles. The second-order valence-corrected chi connectivity index (χ2v) is 8.26. The van der Waals surface area contributed by atoms with Gasteiger partial charge in [-0.25, -0.2) is 9.67 Å². The van der Waals surface area contributed by atoms with Gasteiger partial charge in [-0.2, -0.15) is 5.10 Å². The van der Waals surface area contributed by atoms with Crippen LogP contribution in [0.1, 0.15) is 49.7 Å². The fourth-order valence-electron chi connectivity index (χ4n) is 4.09. The van der Waals surface area contributed by atoms with E-state index in [1.165, 1.54) is 0 Å². The zero-order valence-electron chi connectivity index (χ0n) is 17.7. The number of aryl methyl sites for hydroxylation is 1. The van der Waals surface area contributed by atoms with E-state index in [0.717, 1.165) is 27.9 Å². The van der Waals surface area contributed by atoms with Crippen LogP contribution in [0, 0.1) is 6.92 Å². The summed E-state index contributed by atoms with van der Waals surface area (Å²) in [7, 11) is 0. The van der Waals surface area contributed by atoms with Crippen LogP contribution in [0.25, 0.3) is 22.3 Å². The summed E-state index contributed by atoms with van der Waals surface area (Å²) in [5.41, 5.74) is 4.36. The highest BCUT2D eigenvalue weighted by molar-refractivity contribution is 6.06. The standard InChI is InChI=1S/C23H28N4O2/c1-14(2)27-22-20(11-24-27)19(23(28)26-12-16(4)29-17(5)13-26)10-21(25-22)18-9-7-6-8-15(18)3/h6-11,14,16-17H,12-13H2,1-5H3. The lowest BCUT2D eigenvalue weighted by Gasteiger charge is -2.35. The molecule has 152 valence electrons. The lowest BCUT2D eigenvalue weighted by Crippen LogP contribution is -2.48. The van der Waals surface area contributed by atoms with E-state index < -0.39 is 0 Å². The smallest absolute Gasteiger partial charge is 0.254 e. The molecular weight excluding hydrogens is 364 g/mol. The van der Waals surface area contributed by atoms with Crippen molar-refractivity contribution >= 4 is 16.9 Å². The van der Waals surface area contributed by atoms with Crippen molar-refractivity contribution in [2.75, 3.05) is 13.1 Å². The number of carbonyl (C=O) groups excluding carboxylic acids is 1. The predicted octanol–water partition coefficient (Wildman–Crippen LogP) is 4.24. The minimum atomic E-state index is 0.0116. The van der Waals surface area contributed by atoms with Gasteiger partial charge in [0.25, 0.3) is 5.91 Å². The molecule has 6 heteroatoms. The van der Waals surface area contributed by atoms with Crippen LogP contribution in [0.4, 0.5) is 0 Å². The first kappa shape index (κ1) is 19.6. The van der Waals surface area contributed by atoms with Crippen molar-refractivity contribution in [2.45, 2.75) is 52.9 Å². The number of nitrogens with zero attached hydrogens (tertiary/aromatic N) is 4. The fraction of sp³-hybridized carbons (Fsp3) is 0.435. The van der Waals surface area contributed by atoms with Gasteiger partial charge in [0.05, 0.1) is 35.0 Å². The molecule has 2 aromatic heterocycles. The van der Waals surface area contributed by atoms with Crippen LogP contribution in [-0.4, -0.2) is 50.9 Å². The highest BCUT2D eigenvalue weighted by atomic mass is 16.5. The van der Waals surface area contributed by atoms with Crippen molar-refractivity contribution in [3.8, 4) is 11.3 Å². The van der Waals surface area contributed by atoms with E-state index in [9.17, 15) is 4.79 Å². The maximum atomic E-state index is 13.6. The SMILES string of the molecule is Cc1ccccc1-c1cc(C(=O)N2CC(C)OC(C)C2)c2cnn(C(C)C)c2n1. The zero-order chi connectivity index (χ0) is 20.7. The number of morpholine rings is 1. The monoisotopic (exact) mass is 392 g/mol. The quantitative estimate of drug-likeness (QED) is 0.669. The van der Waals surface area contributed by atoms with E-state index in [-0.39, 0.29) is 24.2 Å². The summed E-state index contributed by atoms with van der Waals surface area (Å²) < 4.78 is 7.70. The lowest BCUT2D eigenvalue weighted by molar-refractivity contribution is -0.0585. The topological polar surface area (TPSA) is 60.3 Å². The van der Waals surface area contributed by atoms with E-state index in [4.69, 9.17) is 9.72 Å². The third kappa shape index (κ3) is 3.65. The minimum absolute atomic E-state index is 0.0116. The Balaban J connectivity index is 1.88. The van der Waals surface area contributed by atoms with E-state index in [1.54, 1.807) is 6.20 Å². The molecule has 3 aromatic rings. The fourth-order valence-corrected chi connectivity index (χ4v) is 4.09. The molecule has 1 aliphatic heterocycles. The summed E-state index contributed by atoms with van der Waals surface area (Å²) in [6, 6.07) is 10.2. The molecule has 0 bridgehead atoms. The average molecular weight is 393 g/mol. The number of benzene rings is 1. The van der Waals surface area contributed by atoms with Gasteiger partial charge >= 0.3 is 0 Å². The van der Waals surface area contributed by atoms with Gasteiger partial charge in [0.1, 0.15) is 0 Å². The molecule has 2 atom stereocenters. The molecule has 2 unspecified atom stereocenters. The van der Waals surface area contributed by atoms with Gasteiger partial charge in [-0.3, -0.25) is 4.79 Å². The van der Waals surface area contributed by atoms with E-state index >= 15 is 0 Å². The van der Waals surface area contributed by atoms with Crippen LogP contribution in [0.15, 0.2) is 36.5 Å². The maximum absolute atomic E-state index is 13.6. The summed E-state index contributed by atoms with van der Waals surface area (Å²) in [4.78, 5) is 20.4. The number of hydrogen-bond donors (Lipinski definition) is 0. The van der Waals surface area contributed by atoms with Gasteiger partial charge in [0, 0.05) is 24.7 Å². The summed E-state index contributed by atoms with van der Waals surface area (Å²) in [5, 5.41) is 5.33. The van der Waals surface area contributed by atoms with Crippen molar-refractivity contribution in [3.05, 3.63) is 47.7 Å². The molecule has 29 heavy (non-hydrogen) atoms. The molecule has 6 nitrogen and oxygen atoms in total. The maximum Gasteiger partial charge on any atom is 0.254 e. The van der Waals surface area contributed by atoms with Crippen LogP contribution < -0.4 is 0 Å². The van der Waals surface area contributed by atoms with Crippen LogP contribution in [0.5, 0.6) is 0 Å². The Hall–Kier alpha value is -2.73. The molecule has 1 amide bonds. The van der Waals surface area contributed by atoms with Crippen LogP contribution in [0.2, 0.25) is 0 Å². The van der Waals surface area contributed by atoms with Crippen molar-refractivity contribution < 1.29 is 9.53 Å². The number of ether oxygens (including phenoxy) is 1. The lowest BCUT2D eigenvalue weighted by atomic mass is 10.0. The second-order valence-electron chi connectivity index (χ2n) is 8.26. The number of rotatable bonds is 3. The zero-order valence-corrected chi connectivity index (χ0v) is 17.7. The number of fused-ring (bicyclic) bond motifs is 1. The minimum Gasteiger partial charge on any atom is -0.372 e. The first-order valence-electron chi connectivity index (χ1n) is 10.2. The molecular formula is C23H28N4O2. The van der Waals surface area contributed by atoms with Crippen molar-refractivity contribution in [1.82, 2.24) is 19.7 Å². The van der Waals surface area contributed by atoms with Gasteiger partial charge in [0.15, 0.2) is 5.65 Å². The second kappa shape index (κ2) is 7.59. The first-order valence-corrected chi connectivity index (χ1v) is 10.2. The Morgan fingerprint density at radius 1 is 1.17 bits per heavy atom. The Kier molecular flexibility index (Phi) is 5.13. The Labute approximate surface area is 171 Å². The number of pyridine rings is 1. The molecule has 1 fully saturated rings. The molecule has 1 saturated heterocycles. The molecule has 0 spiro atoms. The molecule has 3 heterocycles. The molecule has 0 radical (unpaired) electrons. The molecule has 1 aliphatic rings. The van der Waals surface area contributed by atoms with Crippen molar-refractivity contribution in [1.29, 1.82) is 0 Å². The summed E-state index contributed by atoms with van der Waals surface area (Å²) in [5.74, 6) is 0.0116. The third-order valence-corrected chi connectivity index (χ3v) is 5.41. The Bertz CT molecular complexity index is 1050. The van der Waals surface area contributed by atoms with Crippen LogP contribution >= 0.6 is 0 Å². The summed E-state index contributed by atoms with van der Waals surface area (Å²) >= 11 is 0. The average Bonchev–Trinajstić information content (AvgIpc) is 3.10. The van der Waals surface area contributed by atoms with Crippen LogP contribution in [-0.2, 0) is 4.74 Å². The van der Waals surface area contributed by atoms with E-state index in [1.807, 2.05) is 47.7 Å². The van der Waals surface area contributed by atoms with Gasteiger partial charge < -0.3 is 9.64 Å². The molecule has 0 saturated carbocycles. The van der Waals surface area contributed by atoms with Gasteiger partial charge in [0.2, 0.25) is 0 Å². The largest absolute Gasteiger partial charge is 0.372 e. The Morgan fingerprint density at radius 2 is 1.86 bits per heavy atom. The highest BCUT2D eigenvalue weighted by Gasteiger charge is 2.29. The van der Waals surface area contributed by atoms with Crippen molar-refractivity contribution in [3.63, 3.8) is 0 Å². The predicted molar refractivity (Wildman–Crippen MR) is 114 cm³/mol. The van der Waals surface area contributed by atoms with Gasteiger partial charge in [-0.15, -0.1) is 0 Å². The number of hydrogen-bond acceptors (Lipinski definition) is 4. The molecule has 0 N–H and O–H groups in total. The number of amides is 1.